The maximum atomic E-state index is 11.6. The molecule has 1 aliphatic rings. The average molecular weight is 293 g/mol. The Balaban J connectivity index is 2.36. The van der Waals surface area contributed by atoms with Crippen molar-refractivity contribution in [1.29, 1.82) is 0 Å². The molecule has 1 aliphatic carbocycles. The molecular formula is C10H19N3O5S. The molecule has 1 fully saturated rings. The molecule has 8 nitrogen and oxygen atoms in total. The highest BCUT2D eigenvalue weighted by atomic mass is 32.2. The summed E-state index contributed by atoms with van der Waals surface area (Å²) in [7, 11) is -3.54. The number of hydrogen-bond acceptors (Lipinski definition) is 4. The van der Waals surface area contributed by atoms with Crippen LogP contribution in [-0.4, -0.2) is 43.4 Å². The van der Waals surface area contributed by atoms with Crippen LogP contribution in [0.4, 0.5) is 4.79 Å². The van der Waals surface area contributed by atoms with E-state index in [1.807, 2.05) is 0 Å². The number of rotatable bonds is 7. The molecule has 2 amide bonds. The zero-order valence-electron chi connectivity index (χ0n) is 10.7. The molecule has 0 saturated heterocycles. The van der Waals surface area contributed by atoms with E-state index in [1.165, 1.54) is 6.92 Å². The Kier molecular flexibility index (Phi) is 4.75. The Hall–Kier alpha value is -1.35. The second-order valence-corrected chi connectivity index (χ2v) is 6.62. The second kappa shape index (κ2) is 5.74. The molecule has 0 aliphatic heterocycles. The monoisotopic (exact) mass is 293 g/mol. The number of aliphatic carboxylic acids is 1. The highest BCUT2D eigenvalue weighted by Crippen LogP contribution is 2.39. The van der Waals surface area contributed by atoms with Crippen LogP contribution in [0, 0.1) is 5.92 Å². The van der Waals surface area contributed by atoms with Gasteiger partial charge in [-0.2, -0.15) is 0 Å². The third kappa shape index (κ3) is 5.03. The summed E-state index contributed by atoms with van der Waals surface area (Å²) in [4.78, 5) is 22.7. The molecule has 1 atom stereocenters. The van der Waals surface area contributed by atoms with Crippen LogP contribution >= 0.6 is 0 Å². The molecule has 0 heterocycles. The largest absolute Gasteiger partial charge is 0.480 e. The van der Waals surface area contributed by atoms with Gasteiger partial charge in [0.05, 0.1) is 5.75 Å². The summed E-state index contributed by atoms with van der Waals surface area (Å²) in [6.07, 6.45) is 1.72. The number of carboxylic acid groups (broad SMARTS) is 1. The van der Waals surface area contributed by atoms with E-state index in [4.69, 9.17) is 10.2 Å². The Bertz CT molecular complexity index is 460. The van der Waals surface area contributed by atoms with Crippen molar-refractivity contribution in [2.24, 2.45) is 11.1 Å². The number of primary sulfonamides is 1. The number of carboxylic acids is 1. The van der Waals surface area contributed by atoms with Gasteiger partial charge in [-0.25, -0.2) is 23.1 Å². The van der Waals surface area contributed by atoms with Crippen LogP contribution in [-0.2, 0) is 14.8 Å². The fourth-order valence-corrected chi connectivity index (χ4v) is 2.29. The SMILES string of the molecule is CC(NC(=O)NCCCS(N)(=O)=O)(C(=O)O)C1CC1. The van der Waals surface area contributed by atoms with Crippen LogP contribution in [0.3, 0.4) is 0 Å². The molecule has 1 saturated carbocycles. The molecule has 0 aromatic heterocycles. The fraction of sp³-hybridized carbons (Fsp3) is 0.800. The van der Waals surface area contributed by atoms with E-state index in [0.29, 0.717) is 0 Å². The van der Waals surface area contributed by atoms with Gasteiger partial charge in [0.25, 0.3) is 0 Å². The van der Waals surface area contributed by atoms with Crippen molar-refractivity contribution in [3.8, 4) is 0 Å². The average Bonchev–Trinajstić information content (AvgIpc) is 3.06. The first-order valence-electron chi connectivity index (χ1n) is 5.95. The lowest BCUT2D eigenvalue weighted by atomic mass is 9.96. The lowest BCUT2D eigenvalue weighted by Crippen LogP contribution is -2.56. The Morgan fingerprint density at radius 3 is 2.42 bits per heavy atom. The molecule has 1 unspecified atom stereocenters. The van der Waals surface area contributed by atoms with Crippen molar-refractivity contribution < 1.29 is 23.1 Å². The third-order valence-electron chi connectivity index (χ3n) is 3.10. The van der Waals surface area contributed by atoms with Crippen LogP contribution < -0.4 is 15.8 Å². The summed E-state index contributed by atoms with van der Waals surface area (Å²) in [5.74, 6) is -1.36. The number of carbonyl (C=O) groups is 2. The second-order valence-electron chi connectivity index (χ2n) is 4.88. The molecule has 0 radical (unpaired) electrons. The van der Waals surface area contributed by atoms with E-state index in [-0.39, 0.29) is 24.6 Å². The maximum Gasteiger partial charge on any atom is 0.329 e. The van der Waals surface area contributed by atoms with Crippen LogP contribution in [0.2, 0.25) is 0 Å². The number of nitrogens with one attached hydrogen (secondary N) is 2. The Morgan fingerprint density at radius 1 is 1.42 bits per heavy atom. The van der Waals surface area contributed by atoms with Gasteiger partial charge in [-0.3, -0.25) is 0 Å². The maximum absolute atomic E-state index is 11.6. The predicted molar refractivity (Wildman–Crippen MR) is 67.9 cm³/mol. The van der Waals surface area contributed by atoms with E-state index >= 15 is 0 Å². The highest BCUT2D eigenvalue weighted by molar-refractivity contribution is 7.89. The zero-order chi connectivity index (χ0) is 14.7. The number of hydrogen-bond donors (Lipinski definition) is 4. The smallest absolute Gasteiger partial charge is 0.329 e. The van der Waals surface area contributed by atoms with Gasteiger partial charge in [-0.15, -0.1) is 0 Å². The summed E-state index contributed by atoms with van der Waals surface area (Å²) in [5.41, 5.74) is -1.27. The lowest BCUT2D eigenvalue weighted by molar-refractivity contribution is -0.144. The predicted octanol–water partition coefficient (Wildman–Crippen LogP) is -0.782. The van der Waals surface area contributed by atoms with Gasteiger partial charge in [-0.1, -0.05) is 0 Å². The van der Waals surface area contributed by atoms with Crippen LogP contribution in [0.5, 0.6) is 0 Å². The van der Waals surface area contributed by atoms with Crippen molar-refractivity contribution >= 4 is 22.0 Å². The molecular weight excluding hydrogens is 274 g/mol. The van der Waals surface area contributed by atoms with Gasteiger partial charge >= 0.3 is 12.0 Å². The molecule has 19 heavy (non-hydrogen) atoms. The number of carbonyl (C=O) groups excluding carboxylic acids is 1. The van der Waals surface area contributed by atoms with E-state index in [0.717, 1.165) is 12.8 Å². The van der Waals surface area contributed by atoms with E-state index < -0.39 is 27.6 Å². The number of sulfonamides is 1. The van der Waals surface area contributed by atoms with Gasteiger partial charge in [0.15, 0.2) is 0 Å². The summed E-state index contributed by atoms with van der Waals surface area (Å²) < 4.78 is 21.3. The molecule has 9 heteroatoms. The summed E-state index contributed by atoms with van der Waals surface area (Å²) in [6, 6.07) is -0.619. The van der Waals surface area contributed by atoms with Crippen LogP contribution in [0.25, 0.3) is 0 Å². The zero-order valence-corrected chi connectivity index (χ0v) is 11.5. The first-order valence-corrected chi connectivity index (χ1v) is 7.66. The number of amides is 2. The van der Waals surface area contributed by atoms with E-state index in [9.17, 15) is 18.0 Å². The van der Waals surface area contributed by atoms with Crippen LogP contribution in [0.15, 0.2) is 0 Å². The quantitative estimate of drug-likeness (QED) is 0.456. The molecule has 0 aromatic rings. The first kappa shape index (κ1) is 15.7. The molecule has 0 aromatic carbocycles. The standard InChI is InChI=1S/C10H19N3O5S/c1-10(8(14)15,7-3-4-7)13-9(16)12-5-2-6-19(11,17)18/h7H,2-6H2,1H3,(H,14,15)(H2,11,17,18)(H2,12,13,16). The van der Waals surface area contributed by atoms with Gasteiger partial charge < -0.3 is 15.7 Å². The van der Waals surface area contributed by atoms with Gasteiger partial charge in [-0.05, 0) is 32.1 Å². The lowest BCUT2D eigenvalue weighted by Gasteiger charge is -2.26. The highest BCUT2D eigenvalue weighted by Gasteiger charge is 2.48. The van der Waals surface area contributed by atoms with E-state index in [2.05, 4.69) is 10.6 Å². The molecule has 0 bridgehead atoms. The van der Waals surface area contributed by atoms with Gasteiger partial charge in [0.1, 0.15) is 5.54 Å². The van der Waals surface area contributed by atoms with Crippen molar-refractivity contribution in [1.82, 2.24) is 10.6 Å². The van der Waals surface area contributed by atoms with Crippen molar-refractivity contribution in [3.63, 3.8) is 0 Å². The third-order valence-corrected chi connectivity index (χ3v) is 3.96. The van der Waals surface area contributed by atoms with Crippen LogP contribution in [0.1, 0.15) is 26.2 Å². The van der Waals surface area contributed by atoms with Crippen molar-refractivity contribution in [2.75, 3.05) is 12.3 Å². The Morgan fingerprint density at radius 2 is 2.00 bits per heavy atom. The summed E-state index contributed by atoms with van der Waals surface area (Å²) in [5, 5.41) is 18.8. The molecule has 5 N–H and O–H groups in total. The first-order chi connectivity index (χ1) is 8.65. The topological polar surface area (TPSA) is 139 Å². The fourth-order valence-electron chi connectivity index (χ4n) is 1.75. The van der Waals surface area contributed by atoms with E-state index in [1.54, 1.807) is 0 Å². The Labute approximate surface area is 111 Å². The molecule has 1 rings (SSSR count). The number of urea groups is 1. The van der Waals surface area contributed by atoms with Crippen molar-refractivity contribution in [2.45, 2.75) is 31.7 Å². The minimum absolute atomic E-state index is 0.0554. The minimum atomic E-state index is -3.54. The minimum Gasteiger partial charge on any atom is -0.480 e. The van der Waals surface area contributed by atoms with Gasteiger partial charge in [0, 0.05) is 6.54 Å². The molecule has 0 spiro atoms. The molecule has 110 valence electrons. The van der Waals surface area contributed by atoms with Crippen molar-refractivity contribution in [3.05, 3.63) is 0 Å². The summed E-state index contributed by atoms with van der Waals surface area (Å²) >= 11 is 0. The number of nitrogens with two attached hydrogens (primary N) is 1. The van der Waals surface area contributed by atoms with Gasteiger partial charge in [0.2, 0.25) is 10.0 Å². The summed E-state index contributed by atoms with van der Waals surface area (Å²) in [6.45, 7) is 1.58. The normalized spacial score (nSPS) is 18.4.